The van der Waals surface area contributed by atoms with Crippen molar-refractivity contribution in [1.29, 1.82) is 0 Å². The van der Waals surface area contributed by atoms with Crippen LogP contribution >= 0.6 is 36.6 Å². The number of para-hydroxylation sites is 2. The lowest BCUT2D eigenvalue weighted by atomic mass is 9.54. The van der Waals surface area contributed by atoms with Gasteiger partial charge in [-0.25, -0.2) is 4.98 Å². The average molecular weight is 400 g/mol. The van der Waals surface area contributed by atoms with Crippen molar-refractivity contribution in [3.63, 3.8) is 0 Å². The quantitative estimate of drug-likeness (QED) is 0.553. The third-order valence-electron chi connectivity index (χ3n) is 6.32. The number of aromatic amines is 1. The van der Waals surface area contributed by atoms with Crippen LogP contribution in [0.3, 0.4) is 0 Å². The summed E-state index contributed by atoms with van der Waals surface area (Å²) in [5.41, 5.74) is 2.22. The summed E-state index contributed by atoms with van der Waals surface area (Å²) >= 11 is 1.84. The Labute approximate surface area is 166 Å². The first-order valence-corrected chi connectivity index (χ1v) is 10.1. The van der Waals surface area contributed by atoms with Crippen molar-refractivity contribution in [3.8, 4) is 0 Å². The van der Waals surface area contributed by atoms with Crippen LogP contribution in [0.2, 0.25) is 0 Å². The number of nitrogens with zero attached hydrogens (tertiary/aromatic N) is 1. The van der Waals surface area contributed by atoms with Gasteiger partial charge in [0, 0.05) is 18.3 Å². The minimum atomic E-state index is 0. The minimum absolute atomic E-state index is 0. The van der Waals surface area contributed by atoms with Gasteiger partial charge in [-0.2, -0.15) is 0 Å². The molecule has 0 aliphatic heterocycles. The lowest BCUT2D eigenvalue weighted by Gasteiger charge is -2.54. The van der Waals surface area contributed by atoms with E-state index in [4.69, 9.17) is 0 Å². The number of hydrogen-bond donors (Lipinski definition) is 2. The second-order valence-corrected chi connectivity index (χ2v) is 8.90. The van der Waals surface area contributed by atoms with Crippen molar-refractivity contribution in [2.24, 2.45) is 23.7 Å². The number of hydrogen-bond acceptors (Lipinski definition) is 3. The molecule has 4 saturated carbocycles. The van der Waals surface area contributed by atoms with E-state index in [9.17, 15) is 0 Å². The van der Waals surface area contributed by atoms with E-state index < -0.39 is 0 Å². The normalized spacial score (nSPS) is 32.4. The molecule has 2 aromatic rings. The molecule has 0 amide bonds. The highest BCUT2D eigenvalue weighted by molar-refractivity contribution is 7.99. The fourth-order valence-electron chi connectivity index (χ4n) is 5.63. The first-order valence-electron chi connectivity index (χ1n) is 9.16. The Hall–Kier alpha value is -0.420. The molecule has 6 rings (SSSR count). The zero-order valence-corrected chi connectivity index (χ0v) is 16.8. The topological polar surface area (TPSA) is 40.7 Å². The molecule has 1 aromatic carbocycles. The van der Waals surface area contributed by atoms with E-state index in [2.05, 4.69) is 33.5 Å². The average Bonchev–Trinajstić information content (AvgIpc) is 2.95. The summed E-state index contributed by atoms with van der Waals surface area (Å²) in [6.45, 7) is 1.11. The van der Waals surface area contributed by atoms with Gasteiger partial charge in [-0.1, -0.05) is 23.9 Å². The SMILES string of the molecule is Cl.Cl.c1ccc2[nH]c(SCCNC3C4CC5CC(C4)CC3C5)nc2c1. The van der Waals surface area contributed by atoms with E-state index in [0.29, 0.717) is 0 Å². The maximum atomic E-state index is 4.65. The van der Waals surface area contributed by atoms with Crippen LogP contribution in [0.4, 0.5) is 0 Å². The summed E-state index contributed by atoms with van der Waals surface area (Å²) < 4.78 is 0. The van der Waals surface area contributed by atoms with Crippen molar-refractivity contribution >= 4 is 47.6 Å². The molecule has 6 heteroatoms. The number of thioether (sulfide) groups is 1. The van der Waals surface area contributed by atoms with Gasteiger partial charge in [0.1, 0.15) is 0 Å². The van der Waals surface area contributed by atoms with Gasteiger partial charge in [-0.15, -0.1) is 24.8 Å². The van der Waals surface area contributed by atoms with E-state index in [1.807, 2.05) is 17.8 Å². The number of benzene rings is 1. The van der Waals surface area contributed by atoms with E-state index in [0.717, 1.165) is 58.2 Å². The lowest BCUT2D eigenvalue weighted by Crippen LogP contribution is -2.54. The maximum Gasteiger partial charge on any atom is 0.166 e. The molecule has 4 fully saturated rings. The van der Waals surface area contributed by atoms with Crippen molar-refractivity contribution in [3.05, 3.63) is 24.3 Å². The molecule has 4 bridgehead atoms. The predicted molar refractivity (Wildman–Crippen MR) is 110 cm³/mol. The Balaban J connectivity index is 0.000000911. The van der Waals surface area contributed by atoms with Crippen LogP contribution in [0.5, 0.6) is 0 Å². The molecule has 1 aromatic heterocycles. The zero-order valence-electron chi connectivity index (χ0n) is 14.3. The Kier molecular flexibility index (Phi) is 6.25. The summed E-state index contributed by atoms with van der Waals surface area (Å²) in [5, 5.41) is 4.96. The fourth-order valence-corrected chi connectivity index (χ4v) is 6.39. The van der Waals surface area contributed by atoms with Gasteiger partial charge < -0.3 is 10.3 Å². The third kappa shape index (κ3) is 3.83. The molecule has 0 atom stereocenters. The largest absolute Gasteiger partial charge is 0.333 e. The number of halogens is 2. The van der Waals surface area contributed by atoms with Gasteiger partial charge in [0.2, 0.25) is 0 Å². The Morgan fingerprint density at radius 3 is 2.36 bits per heavy atom. The predicted octanol–water partition coefficient (Wildman–Crippen LogP) is 4.91. The molecule has 25 heavy (non-hydrogen) atoms. The molecule has 3 nitrogen and oxygen atoms in total. The molecular weight excluding hydrogens is 373 g/mol. The number of H-pyrrole nitrogens is 1. The molecule has 2 N–H and O–H groups in total. The van der Waals surface area contributed by atoms with Gasteiger partial charge >= 0.3 is 0 Å². The first-order chi connectivity index (χ1) is 11.3. The van der Waals surface area contributed by atoms with Gasteiger partial charge in [0.15, 0.2) is 5.16 Å². The van der Waals surface area contributed by atoms with Crippen molar-refractivity contribution < 1.29 is 0 Å². The minimum Gasteiger partial charge on any atom is -0.333 e. The summed E-state index contributed by atoms with van der Waals surface area (Å²) in [5.74, 6) is 5.19. The number of nitrogens with one attached hydrogen (secondary N) is 2. The Bertz CT molecular complexity index is 644. The second-order valence-electron chi connectivity index (χ2n) is 7.82. The highest BCUT2D eigenvalue weighted by Gasteiger charge is 2.47. The molecule has 4 aliphatic carbocycles. The molecular formula is C19H27Cl2N3S. The number of rotatable bonds is 5. The van der Waals surface area contributed by atoms with Crippen LogP contribution < -0.4 is 5.32 Å². The van der Waals surface area contributed by atoms with Gasteiger partial charge in [-0.3, -0.25) is 0 Å². The molecule has 4 aliphatic rings. The molecule has 0 radical (unpaired) electrons. The molecule has 0 unspecified atom stereocenters. The van der Waals surface area contributed by atoms with Crippen molar-refractivity contribution in [1.82, 2.24) is 15.3 Å². The Morgan fingerprint density at radius 1 is 1.00 bits per heavy atom. The number of aromatic nitrogens is 2. The van der Waals surface area contributed by atoms with Crippen LogP contribution in [0.25, 0.3) is 11.0 Å². The Morgan fingerprint density at radius 2 is 1.68 bits per heavy atom. The van der Waals surface area contributed by atoms with Crippen LogP contribution in [-0.2, 0) is 0 Å². The highest BCUT2D eigenvalue weighted by Crippen LogP contribution is 2.53. The standard InChI is InChI=1S/C19H25N3S.2ClH/c1-2-4-17-16(3-1)21-19(22-17)23-6-5-20-18-14-8-12-7-13(10-14)11-15(18)9-12;;/h1-4,12-15,18,20H,5-11H2,(H,21,22);2*1H. The molecule has 0 spiro atoms. The van der Waals surface area contributed by atoms with Crippen LogP contribution in [0.15, 0.2) is 29.4 Å². The van der Waals surface area contributed by atoms with Crippen LogP contribution in [0.1, 0.15) is 32.1 Å². The summed E-state index contributed by atoms with van der Waals surface area (Å²) in [6.07, 6.45) is 7.55. The molecule has 138 valence electrons. The highest BCUT2D eigenvalue weighted by atomic mass is 35.5. The molecule has 1 heterocycles. The smallest absolute Gasteiger partial charge is 0.166 e. The van der Waals surface area contributed by atoms with Crippen molar-refractivity contribution in [2.45, 2.75) is 43.3 Å². The lowest BCUT2D eigenvalue weighted by molar-refractivity contribution is -0.0128. The van der Waals surface area contributed by atoms with Gasteiger partial charge in [0.05, 0.1) is 11.0 Å². The van der Waals surface area contributed by atoms with Gasteiger partial charge in [-0.05, 0) is 67.9 Å². The summed E-state index contributed by atoms with van der Waals surface area (Å²) in [4.78, 5) is 8.06. The van der Waals surface area contributed by atoms with E-state index in [1.165, 1.54) is 25.7 Å². The zero-order chi connectivity index (χ0) is 15.2. The van der Waals surface area contributed by atoms with Crippen LogP contribution in [-0.4, -0.2) is 28.3 Å². The van der Waals surface area contributed by atoms with E-state index in [-0.39, 0.29) is 24.8 Å². The monoisotopic (exact) mass is 399 g/mol. The van der Waals surface area contributed by atoms with Gasteiger partial charge in [0.25, 0.3) is 0 Å². The third-order valence-corrected chi connectivity index (χ3v) is 7.19. The summed E-state index contributed by atoms with van der Waals surface area (Å²) in [6, 6.07) is 9.08. The number of fused-ring (bicyclic) bond motifs is 1. The van der Waals surface area contributed by atoms with Crippen molar-refractivity contribution in [2.75, 3.05) is 12.3 Å². The maximum absolute atomic E-state index is 4.65. The fraction of sp³-hybridized carbons (Fsp3) is 0.632. The van der Waals surface area contributed by atoms with E-state index >= 15 is 0 Å². The number of imidazole rings is 1. The molecule has 0 saturated heterocycles. The van der Waals surface area contributed by atoms with Crippen LogP contribution in [0, 0.1) is 23.7 Å². The summed E-state index contributed by atoms with van der Waals surface area (Å²) in [7, 11) is 0. The second kappa shape index (κ2) is 8.08. The van der Waals surface area contributed by atoms with E-state index in [1.54, 1.807) is 6.42 Å². The first kappa shape index (κ1) is 19.3.